The Morgan fingerprint density at radius 3 is 2.86 bits per heavy atom. The SMILES string of the molecule is CC(Cn1cc(C=O)nn1)NC(=O)OCc1ccccc1. The zero-order valence-corrected chi connectivity index (χ0v) is 11.6. The zero-order valence-electron chi connectivity index (χ0n) is 11.6. The standard InChI is InChI=1S/C14H16N4O3/c1-11(7-18-8-13(9-19)16-17-18)15-14(20)21-10-12-5-3-2-4-6-12/h2-6,8-9,11H,7,10H2,1H3,(H,15,20). The van der Waals surface area contributed by atoms with E-state index in [4.69, 9.17) is 4.74 Å². The summed E-state index contributed by atoms with van der Waals surface area (Å²) in [6, 6.07) is 9.23. The molecule has 0 saturated heterocycles. The summed E-state index contributed by atoms with van der Waals surface area (Å²) in [6.45, 7) is 2.44. The number of hydrogen-bond donors (Lipinski definition) is 1. The quantitative estimate of drug-likeness (QED) is 0.812. The first-order valence-corrected chi connectivity index (χ1v) is 6.50. The Kier molecular flexibility index (Phi) is 5.03. The Labute approximate surface area is 121 Å². The van der Waals surface area contributed by atoms with Crippen molar-refractivity contribution in [2.75, 3.05) is 0 Å². The first-order valence-electron chi connectivity index (χ1n) is 6.50. The zero-order chi connectivity index (χ0) is 15.1. The van der Waals surface area contributed by atoms with Crippen LogP contribution in [0.4, 0.5) is 4.79 Å². The van der Waals surface area contributed by atoms with Crippen LogP contribution >= 0.6 is 0 Å². The monoisotopic (exact) mass is 288 g/mol. The van der Waals surface area contributed by atoms with Gasteiger partial charge in [0.05, 0.1) is 12.7 Å². The molecule has 1 aromatic heterocycles. The van der Waals surface area contributed by atoms with E-state index in [0.29, 0.717) is 12.8 Å². The number of carbonyl (C=O) groups excluding carboxylic acids is 2. The van der Waals surface area contributed by atoms with Gasteiger partial charge in [-0.1, -0.05) is 35.5 Å². The van der Waals surface area contributed by atoms with Gasteiger partial charge in [0.2, 0.25) is 0 Å². The molecule has 1 N–H and O–H groups in total. The lowest BCUT2D eigenvalue weighted by atomic mass is 10.2. The number of nitrogens with one attached hydrogen (secondary N) is 1. The molecule has 110 valence electrons. The second-order valence-electron chi connectivity index (χ2n) is 4.59. The highest BCUT2D eigenvalue weighted by atomic mass is 16.5. The van der Waals surface area contributed by atoms with Crippen molar-refractivity contribution in [2.45, 2.75) is 26.1 Å². The normalized spacial score (nSPS) is 11.7. The summed E-state index contributed by atoms with van der Waals surface area (Å²) in [6.07, 6.45) is 1.64. The lowest BCUT2D eigenvalue weighted by molar-refractivity contribution is 0.111. The van der Waals surface area contributed by atoms with E-state index >= 15 is 0 Å². The average Bonchev–Trinajstić information content (AvgIpc) is 2.93. The molecule has 0 aliphatic carbocycles. The lowest BCUT2D eigenvalue weighted by Crippen LogP contribution is -2.36. The molecule has 0 bridgehead atoms. The number of nitrogens with zero attached hydrogens (tertiary/aromatic N) is 3. The molecule has 1 atom stereocenters. The van der Waals surface area contributed by atoms with Crippen LogP contribution in [-0.4, -0.2) is 33.4 Å². The summed E-state index contributed by atoms with van der Waals surface area (Å²) in [4.78, 5) is 22.1. The van der Waals surface area contributed by atoms with Crippen molar-refractivity contribution in [3.05, 3.63) is 47.8 Å². The molecule has 0 aliphatic rings. The molecule has 1 heterocycles. The first-order chi connectivity index (χ1) is 10.2. The van der Waals surface area contributed by atoms with Gasteiger partial charge in [0, 0.05) is 6.04 Å². The Morgan fingerprint density at radius 1 is 1.43 bits per heavy atom. The van der Waals surface area contributed by atoms with Gasteiger partial charge >= 0.3 is 6.09 Å². The predicted octanol–water partition coefficient (Wildman–Crippen LogP) is 1.41. The molecule has 0 spiro atoms. The van der Waals surface area contributed by atoms with Crippen molar-refractivity contribution in [1.29, 1.82) is 0 Å². The van der Waals surface area contributed by atoms with E-state index in [9.17, 15) is 9.59 Å². The number of amides is 1. The minimum Gasteiger partial charge on any atom is -0.445 e. The minimum atomic E-state index is -0.498. The van der Waals surface area contributed by atoms with E-state index in [1.807, 2.05) is 37.3 Å². The van der Waals surface area contributed by atoms with Crippen molar-refractivity contribution in [2.24, 2.45) is 0 Å². The number of benzene rings is 1. The lowest BCUT2D eigenvalue weighted by Gasteiger charge is -2.13. The summed E-state index contributed by atoms with van der Waals surface area (Å²) in [5, 5.41) is 10.1. The van der Waals surface area contributed by atoms with Gasteiger partial charge in [-0.15, -0.1) is 5.10 Å². The molecule has 7 heteroatoms. The van der Waals surface area contributed by atoms with E-state index in [0.717, 1.165) is 5.56 Å². The number of alkyl carbamates (subject to hydrolysis) is 1. The van der Waals surface area contributed by atoms with Gasteiger partial charge in [-0.25, -0.2) is 9.48 Å². The molecular formula is C14H16N4O3. The van der Waals surface area contributed by atoms with Crippen molar-refractivity contribution < 1.29 is 14.3 Å². The van der Waals surface area contributed by atoms with Crippen LogP contribution in [-0.2, 0) is 17.9 Å². The number of ether oxygens (including phenoxy) is 1. The summed E-state index contributed by atoms with van der Waals surface area (Å²) < 4.78 is 6.60. The molecule has 21 heavy (non-hydrogen) atoms. The van der Waals surface area contributed by atoms with Gasteiger partial charge in [-0.3, -0.25) is 4.79 Å². The Bertz CT molecular complexity index is 597. The number of rotatable bonds is 6. The molecular weight excluding hydrogens is 272 g/mol. The van der Waals surface area contributed by atoms with Crippen LogP contribution in [0.3, 0.4) is 0 Å². The third kappa shape index (κ3) is 4.72. The van der Waals surface area contributed by atoms with E-state index in [1.54, 1.807) is 0 Å². The maximum atomic E-state index is 11.6. The van der Waals surface area contributed by atoms with Crippen LogP contribution in [0, 0.1) is 0 Å². The van der Waals surface area contributed by atoms with Crippen molar-refractivity contribution >= 4 is 12.4 Å². The third-order valence-electron chi connectivity index (χ3n) is 2.72. The maximum absolute atomic E-state index is 11.6. The maximum Gasteiger partial charge on any atom is 0.407 e. The van der Waals surface area contributed by atoms with Gasteiger partial charge < -0.3 is 10.1 Å². The molecule has 0 fully saturated rings. The van der Waals surface area contributed by atoms with Crippen LogP contribution in [0.15, 0.2) is 36.5 Å². The van der Waals surface area contributed by atoms with Crippen LogP contribution in [0.1, 0.15) is 23.0 Å². The number of hydrogen-bond acceptors (Lipinski definition) is 5. The molecule has 1 amide bonds. The van der Waals surface area contributed by atoms with E-state index in [1.165, 1.54) is 10.9 Å². The van der Waals surface area contributed by atoms with Crippen molar-refractivity contribution in [3.63, 3.8) is 0 Å². The topological polar surface area (TPSA) is 86.1 Å². The summed E-state index contributed by atoms with van der Waals surface area (Å²) in [5.74, 6) is 0. The first kappa shape index (κ1) is 14.7. The summed E-state index contributed by atoms with van der Waals surface area (Å²) in [7, 11) is 0. The highest BCUT2D eigenvalue weighted by molar-refractivity contribution is 5.70. The smallest absolute Gasteiger partial charge is 0.407 e. The van der Waals surface area contributed by atoms with Gasteiger partial charge in [0.1, 0.15) is 12.3 Å². The van der Waals surface area contributed by atoms with Crippen LogP contribution in [0.2, 0.25) is 0 Å². The minimum absolute atomic E-state index is 0.200. The van der Waals surface area contributed by atoms with E-state index in [2.05, 4.69) is 15.6 Å². The largest absolute Gasteiger partial charge is 0.445 e. The predicted molar refractivity (Wildman–Crippen MR) is 74.6 cm³/mol. The van der Waals surface area contributed by atoms with E-state index in [-0.39, 0.29) is 18.3 Å². The molecule has 7 nitrogen and oxygen atoms in total. The van der Waals surface area contributed by atoms with Gasteiger partial charge in [-0.2, -0.15) is 0 Å². The van der Waals surface area contributed by atoms with Crippen LogP contribution in [0.5, 0.6) is 0 Å². The molecule has 0 saturated carbocycles. The average molecular weight is 288 g/mol. The molecule has 0 aliphatic heterocycles. The molecule has 0 radical (unpaired) electrons. The molecule has 2 rings (SSSR count). The van der Waals surface area contributed by atoms with E-state index < -0.39 is 6.09 Å². The van der Waals surface area contributed by atoms with Gasteiger partial charge in [0.25, 0.3) is 0 Å². The third-order valence-corrected chi connectivity index (χ3v) is 2.72. The second kappa shape index (κ2) is 7.18. The molecule has 1 aromatic carbocycles. The number of aldehydes is 1. The fraction of sp³-hybridized carbons (Fsp3) is 0.286. The Hall–Kier alpha value is -2.70. The summed E-state index contributed by atoms with van der Waals surface area (Å²) >= 11 is 0. The van der Waals surface area contributed by atoms with Crippen molar-refractivity contribution in [1.82, 2.24) is 20.3 Å². The fourth-order valence-corrected chi connectivity index (χ4v) is 1.75. The Morgan fingerprint density at radius 2 is 2.19 bits per heavy atom. The highest BCUT2D eigenvalue weighted by Gasteiger charge is 2.10. The van der Waals surface area contributed by atoms with Crippen molar-refractivity contribution in [3.8, 4) is 0 Å². The summed E-state index contributed by atoms with van der Waals surface area (Å²) in [5.41, 5.74) is 1.18. The van der Waals surface area contributed by atoms with Crippen LogP contribution < -0.4 is 5.32 Å². The fourth-order valence-electron chi connectivity index (χ4n) is 1.75. The molecule has 2 aromatic rings. The van der Waals surface area contributed by atoms with Gasteiger partial charge in [-0.05, 0) is 12.5 Å². The number of aromatic nitrogens is 3. The second-order valence-corrected chi connectivity index (χ2v) is 4.59. The Balaban J connectivity index is 1.75. The number of carbonyl (C=O) groups is 2. The molecule has 1 unspecified atom stereocenters. The van der Waals surface area contributed by atoms with Gasteiger partial charge in [0.15, 0.2) is 6.29 Å². The van der Waals surface area contributed by atoms with Crippen LogP contribution in [0.25, 0.3) is 0 Å². The highest BCUT2D eigenvalue weighted by Crippen LogP contribution is 2.01.